The number of amides is 2. The number of fused-ring (bicyclic) bond motifs is 2. The zero-order valence-electron chi connectivity index (χ0n) is 11.6. The molecule has 112 valence electrons. The van der Waals surface area contributed by atoms with Crippen molar-refractivity contribution >= 4 is 12.0 Å². The molecule has 3 fully saturated rings. The molecular formula is C14H22N2O4. The number of carboxylic acid groups (broad SMARTS) is 1. The molecule has 20 heavy (non-hydrogen) atoms. The Labute approximate surface area is 118 Å². The van der Waals surface area contributed by atoms with Crippen LogP contribution in [0.15, 0.2) is 0 Å². The van der Waals surface area contributed by atoms with Gasteiger partial charge < -0.3 is 20.1 Å². The van der Waals surface area contributed by atoms with Gasteiger partial charge in [0.15, 0.2) is 0 Å². The van der Waals surface area contributed by atoms with Crippen LogP contribution in [-0.4, -0.2) is 53.3 Å². The molecule has 6 heteroatoms. The van der Waals surface area contributed by atoms with Gasteiger partial charge in [0.25, 0.3) is 0 Å². The molecule has 3 aliphatic rings. The molecule has 3 heterocycles. The topological polar surface area (TPSA) is 78.9 Å². The van der Waals surface area contributed by atoms with Crippen molar-refractivity contribution in [2.24, 2.45) is 5.92 Å². The van der Waals surface area contributed by atoms with Crippen molar-refractivity contribution in [1.82, 2.24) is 10.2 Å². The molecule has 2 amide bonds. The first-order valence-electron chi connectivity index (χ1n) is 7.57. The molecule has 0 radical (unpaired) electrons. The molecule has 3 aliphatic heterocycles. The first kappa shape index (κ1) is 13.7. The van der Waals surface area contributed by atoms with Gasteiger partial charge >= 0.3 is 12.0 Å². The van der Waals surface area contributed by atoms with Gasteiger partial charge in [-0.3, -0.25) is 4.79 Å². The molecule has 2 N–H and O–H groups in total. The number of nitrogens with zero attached hydrogens (tertiary/aromatic N) is 1. The Hall–Kier alpha value is -1.30. The van der Waals surface area contributed by atoms with Crippen molar-refractivity contribution in [3.05, 3.63) is 0 Å². The van der Waals surface area contributed by atoms with Gasteiger partial charge in [-0.1, -0.05) is 0 Å². The standard InChI is InChI=1S/C14H22N2O4/c17-13(18)11-8-9-3-4-12(11)16(9)14(19)15-6-5-10-2-1-7-20-10/h9-12H,1-8H2,(H,15,19)(H,17,18). The number of aliphatic carboxylic acids is 1. The third-order valence-electron chi connectivity index (χ3n) is 4.86. The Balaban J connectivity index is 1.49. The summed E-state index contributed by atoms with van der Waals surface area (Å²) < 4.78 is 5.52. The molecule has 0 aromatic rings. The fraction of sp³-hybridized carbons (Fsp3) is 0.857. The van der Waals surface area contributed by atoms with E-state index in [1.807, 2.05) is 0 Å². The Kier molecular flexibility index (Phi) is 3.83. The molecule has 2 bridgehead atoms. The molecule has 0 saturated carbocycles. The van der Waals surface area contributed by atoms with Crippen molar-refractivity contribution in [3.63, 3.8) is 0 Å². The van der Waals surface area contributed by atoms with E-state index in [4.69, 9.17) is 4.74 Å². The number of carboxylic acids is 1. The van der Waals surface area contributed by atoms with Gasteiger partial charge in [-0.2, -0.15) is 0 Å². The van der Waals surface area contributed by atoms with Crippen LogP contribution in [-0.2, 0) is 9.53 Å². The minimum atomic E-state index is -0.769. The highest BCUT2D eigenvalue weighted by Gasteiger charge is 2.51. The van der Waals surface area contributed by atoms with Crippen LogP contribution in [0.2, 0.25) is 0 Å². The number of carbonyl (C=O) groups is 2. The molecule has 3 saturated heterocycles. The quantitative estimate of drug-likeness (QED) is 0.812. The molecule has 0 aromatic heterocycles. The van der Waals surface area contributed by atoms with Crippen molar-refractivity contribution in [1.29, 1.82) is 0 Å². The Morgan fingerprint density at radius 1 is 1.30 bits per heavy atom. The average Bonchev–Trinajstić information content (AvgIpc) is 3.13. The Bertz CT molecular complexity index is 395. The first-order chi connectivity index (χ1) is 9.66. The fourth-order valence-electron chi connectivity index (χ4n) is 3.87. The molecule has 0 aromatic carbocycles. The van der Waals surface area contributed by atoms with E-state index in [-0.39, 0.29) is 30.1 Å². The van der Waals surface area contributed by atoms with E-state index in [1.54, 1.807) is 4.90 Å². The van der Waals surface area contributed by atoms with Gasteiger partial charge in [0.05, 0.1) is 12.0 Å². The summed E-state index contributed by atoms with van der Waals surface area (Å²) in [4.78, 5) is 25.2. The van der Waals surface area contributed by atoms with E-state index in [1.165, 1.54) is 0 Å². The summed E-state index contributed by atoms with van der Waals surface area (Å²) in [5.74, 6) is -1.15. The summed E-state index contributed by atoms with van der Waals surface area (Å²) in [6.45, 7) is 1.44. The van der Waals surface area contributed by atoms with Crippen molar-refractivity contribution in [2.45, 2.75) is 56.7 Å². The summed E-state index contributed by atoms with van der Waals surface area (Å²) in [7, 11) is 0. The van der Waals surface area contributed by atoms with Crippen LogP contribution in [0.5, 0.6) is 0 Å². The highest BCUT2D eigenvalue weighted by molar-refractivity contribution is 5.79. The lowest BCUT2D eigenvalue weighted by molar-refractivity contribution is -0.142. The molecule has 0 spiro atoms. The highest BCUT2D eigenvalue weighted by atomic mass is 16.5. The maximum atomic E-state index is 12.2. The minimum Gasteiger partial charge on any atom is -0.481 e. The summed E-state index contributed by atoms with van der Waals surface area (Å²) in [5.41, 5.74) is 0. The van der Waals surface area contributed by atoms with Crippen LogP contribution < -0.4 is 5.32 Å². The number of carbonyl (C=O) groups excluding carboxylic acids is 1. The summed E-state index contributed by atoms with van der Waals surface area (Å²) in [5, 5.41) is 12.1. The number of hydrogen-bond acceptors (Lipinski definition) is 3. The molecule has 0 aliphatic carbocycles. The van der Waals surface area contributed by atoms with E-state index >= 15 is 0 Å². The lowest BCUT2D eigenvalue weighted by atomic mass is 9.89. The first-order valence-corrected chi connectivity index (χ1v) is 7.57. The number of ether oxygens (including phenoxy) is 1. The summed E-state index contributed by atoms with van der Waals surface area (Å²) >= 11 is 0. The zero-order valence-corrected chi connectivity index (χ0v) is 11.6. The number of nitrogens with one attached hydrogen (secondary N) is 1. The lowest BCUT2D eigenvalue weighted by Crippen LogP contribution is -2.44. The average molecular weight is 282 g/mol. The van der Waals surface area contributed by atoms with E-state index in [0.717, 1.165) is 38.7 Å². The van der Waals surface area contributed by atoms with Gasteiger partial charge in [-0.05, 0) is 38.5 Å². The number of rotatable bonds is 4. The van der Waals surface area contributed by atoms with Gasteiger partial charge in [-0.25, -0.2) is 4.79 Å². The van der Waals surface area contributed by atoms with E-state index in [0.29, 0.717) is 13.0 Å². The zero-order chi connectivity index (χ0) is 14.1. The normalized spacial score (nSPS) is 35.5. The smallest absolute Gasteiger partial charge is 0.317 e. The molecule has 3 rings (SSSR count). The SMILES string of the molecule is O=C(O)C1CC2CCC1N2C(=O)NCCC1CCCO1. The second-order valence-corrected chi connectivity index (χ2v) is 6.04. The van der Waals surface area contributed by atoms with Crippen LogP contribution >= 0.6 is 0 Å². The molecule has 4 unspecified atom stereocenters. The predicted octanol–water partition coefficient (Wildman–Crippen LogP) is 1.20. The summed E-state index contributed by atoms with van der Waals surface area (Å²) in [6, 6.07) is -0.0942. The fourth-order valence-corrected chi connectivity index (χ4v) is 3.87. The van der Waals surface area contributed by atoms with E-state index in [9.17, 15) is 14.7 Å². The van der Waals surface area contributed by atoms with Crippen molar-refractivity contribution in [2.75, 3.05) is 13.2 Å². The molecular weight excluding hydrogens is 260 g/mol. The van der Waals surface area contributed by atoms with Crippen LogP contribution in [0.3, 0.4) is 0 Å². The Morgan fingerprint density at radius 2 is 2.15 bits per heavy atom. The van der Waals surface area contributed by atoms with Gasteiger partial charge in [0, 0.05) is 25.2 Å². The third kappa shape index (κ3) is 2.49. The molecule has 4 atom stereocenters. The van der Waals surface area contributed by atoms with Gasteiger partial charge in [0.2, 0.25) is 0 Å². The highest BCUT2D eigenvalue weighted by Crippen LogP contribution is 2.41. The third-order valence-corrected chi connectivity index (χ3v) is 4.86. The van der Waals surface area contributed by atoms with Crippen LogP contribution in [0.4, 0.5) is 4.79 Å². The minimum absolute atomic E-state index is 0.0979. The van der Waals surface area contributed by atoms with E-state index in [2.05, 4.69) is 5.32 Å². The lowest BCUT2D eigenvalue weighted by Gasteiger charge is -2.23. The maximum Gasteiger partial charge on any atom is 0.317 e. The maximum absolute atomic E-state index is 12.2. The van der Waals surface area contributed by atoms with Gasteiger partial charge in [-0.15, -0.1) is 0 Å². The van der Waals surface area contributed by atoms with Crippen LogP contribution in [0.25, 0.3) is 0 Å². The number of hydrogen-bond donors (Lipinski definition) is 2. The van der Waals surface area contributed by atoms with Crippen LogP contribution in [0, 0.1) is 5.92 Å². The van der Waals surface area contributed by atoms with Crippen LogP contribution in [0.1, 0.15) is 38.5 Å². The monoisotopic (exact) mass is 282 g/mol. The second kappa shape index (κ2) is 5.60. The van der Waals surface area contributed by atoms with Crippen molar-refractivity contribution < 1.29 is 19.4 Å². The van der Waals surface area contributed by atoms with Gasteiger partial charge in [0.1, 0.15) is 0 Å². The van der Waals surface area contributed by atoms with E-state index < -0.39 is 5.97 Å². The summed E-state index contributed by atoms with van der Waals surface area (Å²) in [6.07, 6.45) is 5.67. The Morgan fingerprint density at radius 3 is 2.80 bits per heavy atom. The number of urea groups is 1. The largest absolute Gasteiger partial charge is 0.481 e. The second-order valence-electron chi connectivity index (χ2n) is 6.04. The van der Waals surface area contributed by atoms with Crippen molar-refractivity contribution in [3.8, 4) is 0 Å². The predicted molar refractivity (Wildman–Crippen MR) is 71.4 cm³/mol. The molecule has 6 nitrogen and oxygen atoms in total.